The Balaban J connectivity index is 2.03. The zero-order valence-electron chi connectivity index (χ0n) is 15.1. The summed E-state index contributed by atoms with van der Waals surface area (Å²) in [5.41, 5.74) is 0.786. The van der Waals surface area contributed by atoms with Crippen LogP contribution >= 0.6 is 0 Å². The Hall–Kier alpha value is -1.95. The molecule has 0 aliphatic carbocycles. The van der Waals surface area contributed by atoms with Crippen LogP contribution in [-0.4, -0.2) is 42.0 Å². The van der Waals surface area contributed by atoms with E-state index in [1.54, 1.807) is 37.8 Å². The Bertz CT molecular complexity index is 583. The first-order valence-corrected chi connectivity index (χ1v) is 8.82. The number of nitrogens with zero attached hydrogens (tertiary/aromatic N) is 1. The van der Waals surface area contributed by atoms with Crippen molar-refractivity contribution in [3.05, 3.63) is 35.6 Å². The van der Waals surface area contributed by atoms with E-state index in [1.165, 1.54) is 12.1 Å². The zero-order valence-corrected chi connectivity index (χ0v) is 15.1. The molecule has 25 heavy (non-hydrogen) atoms. The molecular weight excluding hydrogens is 323 g/mol. The summed E-state index contributed by atoms with van der Waals surface area (Å²) in [5, 5.41) is 2.88. The van der Waals surface area contributed by atoms with Crippen molar-refractivity contribution in [2.75, 3.05) is 13.2 Å². The van der Waals surface area contributed by atoms with Gasteiger partial charge in [-0.2, -0.15) is 0 Å². The van der Waals surface area contributed by atoms with Gasteiger partial charge in [-0.05, 0) is 37.5 Å². The van der Waals surface area contributed by atoms with Crippen LogP contribution in [0, 0.1) is 11.7 Å². The molecule has 2 amide bonds. The highest BCUT2D eigenvalue weighted by molar-refractivity contribution is 5.88. The number of nitrogens with one attached hydrogen (secondary N) is 1. The smallest absolute Gasteiger partial charge is 0.242 e. The third kappa shape index (κ3) is 5.53. The van der Waals surface area contributed by atoms with E-state index in [1.807, 2.05) is 0 Å². The van der Waals surface area contributed by atoms with Crippen molar-refractivity contribution in [2.24, 2.45) is 5.92 Å². The first-order chi connectivity index (χ1) is 11.9. The van der Waals surface area contributed by atoms with Crippen LogP contribution in [-0.2, 0) is 20.9 Å². The quantitative estimate of drug-likeness (QED) is 0.822. The van der Waals surface area contributed by atoms with Crippen molar-refractivity contribution in [3.8, 4) is 0 Å². The minimum atomic E-state index is -0.610. The minimum Gasteiger partial charge on any atom is -0.376 e. The van der Waals surface area contributed by atoms with Crippen LogP contribution in [0.2, 0.25) is 0 Å². The van der Waals surface area contributed by atoms with Gasteiger partial charge in [-0.15, -0.1) is 0 Å². The van der Waals surface area contributed by atoms with Gasteiger partial charge in [-0.25, -0.2) is 4.39 Å². The molecule has 2 unspecified atom stereocenters. The summed E-state index contributed by atoms with van der Waals surface area (Å²) >= 11 is 0. The van der Waals surface area contributed by atoms with Crippen LogP contribution in [0.3, 0.4) is 0 Å². The first-order valence-electron chi connectivity index (χ1n) is 8.82. The normalized spacial score (nSPS) is 18.2. The van der Waals surface area contributed by atoms with Crippen molar-refractivity contribution in [2.45, 2.75) is 52.3 Å². The lowest BCUT2D eigenvalue weighted by Gasteiger charge is -2.30. The van der Waals surface area contributed by atoms with E-state index in [4.69, 9.17) is 4.74 Å². The number of halogens is 1. The molecule has 1 saturated heterocycles. The average Bonchev–Trinajstić information content (AvgIpc) is 3.11. The zero-order chi connectivity index (χ0) is 18.4. The highest BCUT2D eigenvalue weighted by atomic mass is 19.1. The molecule has 2 atom stereocenters. The molecule has 1 heterocycles. The van der Waals surface area contributed by atoms with Crippen LogP contribution < -0.4 is 5.32 Å². The number of carbonyl (C=O) groups excluding carboxylic acids is 2. The fraction of sp³-hybridized carbons (Fsp3) is 0.579. The molecule has 6 heteroatoms. The molecular formula is C19H27FN2O3. The van der Waals surface area contributed by atoms with Crippen molar-refractivity contribution < 1.29 is 18.7 Å². The van der Waals surface area contributed by atoms with Gasteiger partial charge in [0.2, 0.25) is 11.8 Å². The minimum absolute atomic E-state index is 0.0579. The molecule has 1 aromatic rings. The maximum absolute atomic E-state index is 13.1. The van der Waals surface area contributed by atoms with E-state index in [9.17, 15) is 14.0 Å². The monoisotopic (exact) mass is 350 g/mol. The summed E-state index contributed by atoms with van der Waals surface area (Å²) in [6, 6.07) is 5.37. The molecule has 1 aliphatic heterocycles. The molecule has 0 aromatic heterocycles. The molecule has 1 aliphatic rings. The number of rotatable bonds is 7. The van der Waals surface area contributed by atoms with Crippen LogP contribution in [0.25, 0.3) is 0 Å². The largest absolute Gasteiger partial charge is 0.376 e. The van der Waals surface area contributed by atoms with Gasteiger partial charge in [-0.1, -0.05) is 26.0 Å². The SMILES string of the molecule is CC(C)C(=O)N(Cc1ccc(F)cc1)C(C)C(=O)NCC1CCCO1. The van der Waals surface area contributed by atoms with Gasteiger partial charge in [0.15, 0.2) is 0 Å². The van der Waals surface area contributed by atoms with Crippen LogP contribution in [0.1, 0.15) is 39.2 Å². The number of amides is 2. The van der Waals surface area contributed by atoms with Crippen molar-refractivity contribution in [1.82, 2.24) is 10.2 Å². The number of benzene rings is 1. The second-order valence-corrected chi connectivity index (χ2v) is 6.80. The summed E-state index contributed by atoms with van der Waals surface area (Å²) in [6.07, 6.45) is 2.01. The van der Waals surface area contributed by atoms with Gasteiger partial charge in [0.1, 0.15) is 11.9 Å². The fourth-order valence-corrected chi connectivity index (χ4v) is 2.83. The fourth-order valence-electron chi connectivity index (χ4n) is 2.83. The third-order valence-corrected chi connectivity index (χ3v) is 4.42. The number of hydrogen-bond donors (Lipinski definition) is 1. The van der Waals surface area contributed by atoms with Crippen LogP contribution in [0.4, 0.5) is 4.39 Å². The summed E-state index contributed by atoms with van der Waals surface area (Å²) in [6.45, 7) is 6.79. The van der Waals surface area contributed by atoms with Crippen molar-refractivity contribution in [3.63, 3.8) is 0 Å². The van der Waals surface area contributed by atoms with E-state index < -0.39 is 6.04 Å². The molecule has 1 fully saturated rings. The second kappa shape index (κ2) is 8.94. The summed E-state index contributed by atoms with van der Waals surface area (Å²) in [7, 11) is 0. The van der Waals surface area contributed by atoms with Gasteiger partial charge in [0.05, 0.1) is 6.10 Å². The lowest BCUT2D eigenvalue weighted by molar-refractivity contribution is -0.143. The first kappa shape index (κ1) is 19.4. The predicted octanol–water partition coefficient (Wildman–Crippen LogP) is 2.49. The number of hydrogen-bond acceptors (Lipinski definition) is 3. The van der Waals surface area contributed by atoms with Crippen molar-refractivity contribution >= 4 is 11.8 Å². The lowest BCUT2D eigenvalue weighted by Crippen LogP contribution is -2.50. The van der Waals surface area contributed by atoms with E-state index >= 15 is 0 Å². The van der Waals surface area contributed by atoms with Crippen LogP contribution in [0.5, 0.6) is 0 Å². The highest BCUT2D eigenvalue weighted by Crippen LogP contribution is 2.15. The standard InChI is InChI=1S/C19H27FN2O3/c1-13(2)19(24)22(12-15-6-8-16(20)9-7-15)14(3)18(23)21-11-17-5-4-10-25-17/h6-9,13-14,17H,4-5,10-12H2,1-3H3,(H,21,23). The summed E-state index contributed by atoms with van der Waals surface area (Å²) in [4.78, 5) is 26.6. The van der Waals surface area contributed by atoms with Gasteiger partial charge in [0.25, 0.3) is 0 Å². The Morgan fingerprint density at radius 1 is 1.28 bits per heavy atom. The maximum atomic E-state index is 13.1. The summed E-state index contributed by atoms with van der Waals surface area (Å²) < 4.78 is 18.6. The molecule has 2 rings (SSSR count). The topological polar surface area (TPSA) is 58.6 Å². The van der Waals surface area contributed by atoms with Gasteiger partial charge in [-0.3, -0.25) is 9.59 Å². The van der Waals surface area contributed by atoms with E-state index in [2.05, 4.69) is 5.32 Å². The number of carbonyl (C=O) groups is 2. The van der Waals surface area contributed by atoms with Gasteiger partial charge < -0.3 is 15.0 Å². The molecule has 138 valence electrons. The molecule has 0 radical (unpaired) electrons. The number of ether oxygens (including phenoxy) is 1. The lowest BCUT2D eigenvalue weighted by atomic mass is 10.1. The predicted molar refractivity (Wildman–Crippen MR) is 93.2 cm³/mol. The Labute approximate surface area is 148 Å². The van der Waals surface area contributed by atoms with Gasteiger partial charge >= 0.3 is 0 Å². The third-order valence-electron chi connectivity index (χ3n) is 4.42. The molecule has 0 spiro atoms. The maximum Gasteiger partial charge on any atom is 0.242 e. The molecule has 0 saturated carbocycles. The van der Waals surface area contributed by atoms with E-state index in [0.29, 0.717) is 6.54 Å². The van der Waals surface area contributed by atoms with E-state index in [-0.39, 0.29) is 36.2 Å². The molecule has 1 N–H and O–H groups in total. The van der Waals surface area contributed by atoms with Crippen LogP contribution in [0.15, 0.2) is 24.3 Å². The van der Waals surface area contributed by atoms with E-state index in [0.717, 1.165) is 25.0 Å². The summed E-state index contributed by atoms with van der Waals surface area (Å²) in [5.74, 6) is -0.864. The van der Waals surface area contributed by atoms with Crippen molar-refractivity contribution in [1.29, 1.82) is 0 Å². The highest BCUT2D eigenvalue weighted by Gasteiger charge is 2.28. The Morgan fingerprint density at radius 2 is 1.96 bits per heavy atom. The Kier molecular flexibility index (Phi) is 6.93. The van der Waals surface area contributed by atoms with Gasteiger partial charge in [0, 0.05) is 25.6 Å². The Morgan fingerprint density at radius 3 is 2.52 bits per heavy atom. The average molecular weight is 350 g/mol. The molecule has 0 bridgehead atoms. The molecule has 5 nitrogen and oxygen atoms in total. The second-order valence-electron chi connectivity index (χ2n) is 6.80. The molecule has 1 aromatic carbocycles.